The van der Waals surface area contributed by atoms with Crippen LogP contribution >= 0.6 is 0 Å². The average molecular weight is 330 g/mol. The van der Waals surface area contributed by atoms with E-state index in [1.165, 1.54) is 20.8 Å². The summed E-state index contributed by atoms with van der Waals surface area (Å²) in [6.45, 7) is 15.4. The highest BCUT2D eigenvalue weighted by Crippen LogP contribution is 2.38. The standard InChI is InChI=1S/C18H18O6/c1-7(2)10-11(8(3)4)14(17(21)22)15(18(23)24)12(9(5)6)13(10)16(19)20/h1,3,5H2,2,4,6H3,(H,19,20)(H,21,22)(H,23,24). The van der Waals surface area contributed by atoms with Gasteiger partial charge in [-0.3, -0.25) is 0 Å². The molecule has 0 fully saturated rings. The predicted octanol–water partition coefficient (Wildman–Crippen LogP) is 3.88. The van der Waals surface area contributed by atoms with Crippen molar-refractivity contribution in [3.63, 3.8) is 0 Å². The number of carboxylic acid groups (broad SMARTS) is 3. The lowest BCUT2D eigenvalue weighted by molar-refractivity contribution is 0.0648. The van der Waals surface area contributed by atoms with Gasteiger partial charge in [0.2, 0.25) is 0 Å². The summed E-state index contributed by atoms with van der Waals surface area (Å²) in [6, 6.07) is 0. The molecule has 0 aliphatic carbocycles. The number of carboxylic acids is 3. The van der Waals surface area contributed by atoms with Crippen molar-refractivity contribution >= 4 is 34.6 Å². The number of rotatable bonds is 6. The van der Waals surface area contributed by atoms with Gasteiger partial charge in [-0.25, -0.2) is 14.4 Å². The Morgan fingerprint density at radius 3 is 0.875 bits per heavy atom. The Hall–Kier alpha value is -3.15. The molecule has 0 radical (unpaired) electrons. The van der Waals surface area contributed by atoms with Crippen LogP contribution in [-0.2, 0) is 0 Å². The van der Waals surface area contributed by atoms with Crippen molar-refractivity contribution in [3.8, 4) is 0 Å². The van der Waals surface area contributed by atoms with Crippen LogP contribution in [0.5, 0.6) is 0 Å². The fraction of sp³-hybridized carbons (Fsp3) is 0.167. The Bertz CT molecular complexity index is 628. The number of hydrogen-bond acceptors (Lipinski definition) is 3. The monoisotopic (exact) mass is 330 g/mol. The molecule has 3 N–H and O–H groups in total. The van der Waals surface area contributed by atoms with Crippen molar-refractivity contribution < 1.29 is 29.7 Å². The molecule has 0 heterocycles. The summed E-state index contributed by atoms with van der Waals surface area (Å²) in [5, 5.41) is 28.7. The molecule has 0 aromatic heterocycles. The van der Waals surface area contributed by atoms with Gasteiger partial charge in [-0.1, -0.05) is 19.7 Å². The third-order valence-corrected chi connectivity index (χ3v) is 3.42. The van der Waals surface area contributed by atoms with Crippen molar-refractivity contribution in [1.29, 1.82) is 0 Å². The van der Waals surface area contributed by atoms with Gasteiger partial charge in [0.15, 0.2) is 0 Å². The Morgan fingerprint density at radius 2 is 0.708 bits per heavy atom. The second kappa shape index (κ2) is 6.54. The summed E-state index contributed by atoms with van der Waals surface area (Å²) in [5.41, 5.74) is -1.05. The van der Waals surface area contributed by atoms with Crippen LogP contribution < -0.4 is 0 Å². The van der Waals surface area contributed by atoms with E-state index in [-0.39, 0.29) is 39.0 Å². The highest BCUT2D eigenvalue weighted by atomic mass is 16.4. The van der Waals surface area contributed by atoms with E-state index in [9.17, 15) is 29.7 Å². The van der Waals surface area contributed by atoms with Crippen molar-refractivity contribution in [3.05, 3.63) is 53.1 Å². The van der Waals surface area contributed by atoms with Crippen LogP contribution in [0.1, 0.15) is 68.5 Å². The lowest BCUT2D eigenvalue weighted by Gasteiger charge is -2.22. The summed E-state index contributed by atoms with van der Waals surface area (Å²) in [7, 11) is 0. The maximum absolute atomic E-state index is 11.8. The second-order valence-corrected chi connectivity index (χ2v) is 5.51. The number of carbonyl (C=O) groups is 3. The summed E-state index contributed by atoms with van der Waals surface area (Å²) in [5.74, 6) is -4.44. The van der Waals surface area contributed by atoms with Crippen molar-refractivity contribution in [2.75, 3.05) is 0 Å². The first-order chi connectivity index (χ1) is 10.9. The molecule has 0 saturated heterocycles. The van der Waals surface area contributed by atoms with E-state index >= 15 is 0 Å². The van der Waals surface area contributed by atoms with Crippen LogP contribution in [-0.4, -0.2) is 33.2 Å². The molecule has 0 aliphatic heterocycles. The first-order valence-corrected chi connectivity index (χ1v) is 6.84. The molecule has 0 aliphatic rings. The van der Waals surface area contributed by atoms with E-state index < -0.39 is 29.0 Å². The zero-order valence-corrected chi connectivity index (χ0v) is 13.7. The Balaban J connectivity index is 4.50. The van der Waals surface area contributed by atoms with E-state index in [0.717, 1.165) is 0 Å². The largest absolute Gasteiger partial charge is 0.478 e. The highest BCUT2D eigenvalue weighted by Gasteiger charge is 2.33. The van der Waals surface area contributed by atoms with Gasteiger partial charge in [-0.05, 0) is 37.5 Å². The number of aromatic carboxylic acids is 3. The molecular formula is C18H18O6. The minimum Gasteiger partial charge on any atom is -0.478 e. The van der Waals surface area contributed by atoms with Crippen LogP contribution in [0, 0.1) is 0 Å². The van der Waals surface area contributed by atoms with E-state index in [2.05, 4.69) is 19.7 Å². The molecule has 0 atom stereocenters. The molecule has 126 valence electrons. The van der Waals surface area contributed by atoms with Crippen LogP contribution in [0.3, 0.4) is 0 Å². The van der Waals surface area contributed by atoms with Gasteiger partial charge in [0.05, 0.1) is 16.7 Å². The molecule has 1 aromatic rings. The zero-order valence-electron chi connectivity index (χ0n) is 13.7. The molecule has 1 rings (SSSR count). The molecule has 6 heteroatoms. The normalized spacial score (nSPS) is 10.1. The third-order valence-electron chi connectivity index (χ3n) is 3.42. The molecule has 0 bridgehead atoms. The summed E-state index contributed by atoms with van der Waals surface area (Å²) in [4.78, 5) is 35.3. The quantitative estimate of drug-likeness (QED) is 0.729. The maximum Gasteiger partial charge on any atom is 0.337 e. The van der Waals surface area contributed by atoms with Crippen LogP contribution in [0.15, 0.2) is 19.7 Å². The third kappa shape index (κ3) is 2.99. The van der Waals surface area contributed by atoms with E-state index in [0.29, 0.717) is 0 Å². The summed E-state index contributed by atoms with van der Waals surface area (Å²) >= 11 is 0. The Labute approximate surface area is 139 Å². The number of hydrogen-bond donors (Lipinski definition) is 3. The zero-order chi connectivity index (χ0) is 18.9. The van der Waals surface area contributed by atoms with Crippen molar-refractivity contribution in [2.24, 2.45) is 0 Å². The van der Waals surface area contributed by atoms with Gasteiger partial charge in [-0.15, -0.1) is 0 Å². The van der Waals surface area contributed by atoms with Crippen LogP contribution in [0.4, 0.5) is 0 Å². The Morgan fingerprint density at radius 1 is 0.542 bits per heavy atom. The summed E-state index contributed by atoms with van der Waals surface area (Å²) < 4.78 is 0. The molecule has 0 spiro atoms. The minimum atomic E-state index is -1.55. The molecule has 0 unspecified atom stereocenters. The summed E-state index contributed by atoms with van der Waals surface area (Å²) in [6.07, 6.45) is 0. The predicted molar refractivity (Wildman–Crippen MR) is 91.4 cm³/mol. The minimum absolute atomic E-state index is 0.0465. The maximum atomic E-state index is 11.8. The number of benzene rings is 1. The second-order valence-electron chi connectivity index (χ2n) is 5.51. The molecule has 1 aromatic carbocycles. The lowest BCUT2D eigenvalue weighted by atomic mass is 9.80. The topological polar surface area (TPSA) is 112 Å². The molecule has 0 saturated carbocycles. The highest BCUT2D eigenvalue weighted by molar-refractivity contribution is 6.14. The lowest BCUT2D eigenvalue weighted by Crippen LogP contribution is -2.20. The van der Waals surface area contributed by atoms with E-state index in [1.54, 1.807) is 0 Å². The van der Waals surface area contributed by atoms with Gasteiger partial charge < -0.3 is 15.3 Å². The molecule has 24 heavy (non-hydrogen) atoms. The van der Waals surface area contributed by atoms with Gasteiger partial charge in [0, 0.05) is 16.7 Å². The van der Waals surface area contributed by atoms with E-state index in [4.69, 9.17) is 0 Å². The molecular weight excluding hydrogens is 312 g/mol. The number of allylic oxidation sites excluding steroid dienone is 3. The van der Waals surface area contributed by atoms with Crippen LogP contribution in [0.2, 0.25) is 0 Å². The van der Waals surface area contributed by atoms with E-state index in [1.807, 2.05) is 0 Å². The SMILES string of the molecule is C=C(C)c1c(C(=C)C)c(C(=O)O)c(C(=O)O)c(C(=C)C)c1C(=O)O. The fourth-order valence-electron chi connectivity index (χ4n) is 2.67. The molecule has 0 amide bonds. The first kappa shape index (κ1) is 18.9. The smallest absolute Gasteiger partial charge is 0.337 e. The Kier molecular flexibility index (Phi) is 5.15. The van der Waals surface area contributed by atoms with Gasteiger partial charge in [0.1, 0.15) is 0 Å². The van der Waals surface area contributed by atoms with Crippen LogP contribution in [0.25, 0.3) is 16.7 Å². The first-order valence-electron chi connectivity index (χ1n) is 6.84. The van der Waals surface area contributed by atoms with Crippen molar-refractivity contribution in [2.45, 2.75) is 20.8 Å². The van der Waals surface area contributed by atoms with Crippen molar-refractivity contribution in [1.82, 2.24) is 0 Å². The van der Waals surface area contributed by atoms with Gasteiger partial charge in [-0.2, -0.15) is 0 Å². The van der Waals surface area contributed by atoms with Gasteiger partial charge >= 0.3 is 17.9 Å². The fourth-order valence-corrected chi connectivity index (χ4v) is 2.67. The molecule has 6 nitrogen and oxygen atoms in total. The average Bonchev–Trinajstić information content (AvgIpc) is 2.42. The van der Waals surface area contributed by atoms with Gasteiger partial charge in [0.25, 0.3) is 0 Å².